The van der Waals surface area contributed by atoms with E-state index in [1.54, 1.807) is 0 Å². The monoisotopic (exact) mass is 470 g/mol. The number of likely N-dealkylation sites (tertiary alicyclic amines) is 2. The third kappa shape index (κ3) is 6.55. The number of aromatic hydroxyl groups is 1. The van der Waals surface area contributed by atoms with E-state index in [1.807, 2.05) is 4.90 Å². The van der Waals surface area contributed by atoms with Crippen molar-refractivity contribution in [1.29, 1.82) is 0 Å². The second kappa shape index (κ2) is 10.7. The molecule has 0 unspecified atom stereocenters. The zero-order valence-corrected chi connectivity index (χ0v) is 22.4. The Kier molecular flexibility index (Phi) is 8.36. The van der Waals surface area contributed by atoms with Crippen molar-refractivity contribution in [2.24, 2.45) is 5.92 Å². The van der Waals surface area contributed by atoms with E-state index < -0.39 is 0 Å². The molecule has 2 fully saturated rings. The summed E-state index contributed by atoms with van der Waals surface area (Å²) in [6, 6.07) is 4.15. The minimum Gasteiger partial charge on any atom is -0.507 e. The highest BCUT2D eigenvalue weighted by Crippen LogP contribution is 2.40. The SMILES string of the molecule is CC(C)(C)c1cc(CCC(=O)N2CCC(C(=O)N3CCCCCC3)CC2)cc(C(C)(C)C)c1O. The number of phenolic OH excluding ortho intramolecular Hbond substituents is 1. The molecule has 0 aliphatic carbocycles. The van der Waals surface area contributed by atoms with Gasteiger partial charge >= 0.3 is 0 Å². The Balaban J connectivity index is 1.59. The lowest BCUT2D eigenvalue weighted by Crippen LogP contribution is -2.44. The highest BCUT2D eigenvalue weighted by molar-refractivity contribution is 5.80. The van der Waals surface area contributed by atoms with Gasteiger partial charge in [0.2, 0.25) is 11.8 Å². The molecule has 2 saturated heterocycles. The maximum Gasteiger partial charge on any atom is 0.225 e. The Bertz CT molecular complexity index is 827. The molecule has 1 N–H and O–H groups in total. The standard InChI is InChI=1S/C29H46N2O3/c1-28(2,3)23-19-21(20-24(26(23)33)29(4,5)6)11-12-25(32)30-17-13-22(14-18-30)27(34)31-15-9-7-8-10-16-31/h19-20,22,33H,7-18H2,1-6H3. The third-order valence-electron chi connectivity index (χ3n) is 7.53. The number of hydrogen-bond acceptors (Lipinski definition) is 3. The largest absolute Gasteiger partial charge is 0.507 e. The van der Waals surface area contributed by atoms with Gasteiger partial charge in [0.05, 0.1) is 0 Å². The maximum atomic E-state index is 13.0. The van der Waals surface area contributed by atoms with Crippen LogP contribution < -0.4 is 0 Å². The molecule has 2 heterocycles. The van der Waals surface area contributed by atoms with E-state index in [-0.39, 0.29) is 22.7 Å². The second-order valence-electron chi connectivity index (χ2n) is 12.4. The quantitative estimate of drug-likeness (QED) is 0.627. The molecule has 0 saturated carbocycles. The first kappa shape index (κ1) is 26.6. The molecular weight excluding hydrogens is 424 g/mol. The summed E-state index contributed by atoms with van der Waals surface area (Å²) in [5, 5.41) is 10.9. The van der Waals surface area contributed by atoms with E-state index in [0.29, 0.717) is 37.6 Å². The van der Waals surface area contributed by atoms with Crippen LogP contribution in [0.3, 0.4) is 0 Å². The Morgan fingerprint density at radius 1 is 0.824 bits per heavy atom. The van der Waals surface area contributed by atoms with Gasteiger partial charge in [-0.1, -0.05) is 66.5 Å². The van der Waals surface area contributed by atoms with Crippen LogP contribution in [0.15, 0.2) is 12.1 Å². The summed E-state index contributed by atoms with van der Waals surface area (Å²) in [7, 11) is 0. The van der Waals surface area contributed by atoms with E-state index in [2.05, 4.69) is 58.6 Å². The molecule has 0 atom stereocenters. The van der Waals surface area contributed by atoms with Crippen molar-refractivity contribution in [3.63, 3.8) is 0 Å². The van der Waals surface area contributed by atoms with Gasteiger partial charge in [-0.25, -0.2) is 0 Å². The number of piperidine rings is 1. The lowest BCUT2D eigenvalue weighted by Gasteiger charge is -2.34. The molecule has 34 heavy (non-hydrogen) atoms. The van der Waals surface area contributed by atoms with Crippen LogP contribution in [0, 0.1) is 5.92 Å². The minimum absolute atomic E-state index is 0.0722. The Hall–Kier alpha value is -2.04. The molecule has 5 nitrogen and oxygen atoms in total. The van der Waals surface area contributed by atoms with Gasteiger partial charge < -0.3 is 14.9 Å². The van der Waals surface area contributed by atoms with Gasteiger partial charge in [0.1, 0.15) is 5.75 Å². The highest BCUT2D eigenvalue weighted by atomic mass is 16.3. The number of hydrogen-bond donors (Lipinski definition) is 1. The Morgan fingerprint density at radius 3 is 1.79 bits per heavy atom. The number of nitrogens with zero attached hydrogens (tertiary/aromatic N) is 2. The first-order valence-electron chi connectivity index (χ1n) is 13.3. The van der Waals surface area contributed by atoms with Crippen LogP contribution >= 0.6 is 0 Å². The van der Waals surface area contributed by atoms with E-state index in [1.165, 1.54) is 12.8 Å². The Morgan fingerprint density at radius 2 is 1.32 bits per heavy atom. The molecule has 0 radical (unpaired) electrons. The number of benzene rings is 1. The van der Waals surface area contributed by atoms with Crippen molar-refractivity contribution in [1.82, 2.24) is 9.80 Å². The summed E-state index contributed by atoms with van der Waals surface area (Å²) in [6.07, 6.45) is 7.38. The summed E-state index contributed by atoms with van der Waals surface area (Å²) in [4.78, 5) is 30.0. The van der Waals surface area contributed by atoms with Crippen molar-refractivity contribution >= 4 is 11.8 Å². The molecule has 190 valence electrons. The fraction of sp³-hybridized carbons (Fsp3) is 0.724. The molecule has 2 aliphatic heterocycles. The number of phenols is 1. The van der Waals surface area contributed by atoms with Crippen LogP contribution in [0.1, 0.15) is 103 Å². The van der Waals surface area contributed by atoms with Gasteiger partial charge in [0.25, 0.3) is 0 Å². The molecule has 3 rings (SSSR count). The predicted molar refractivity (Wildman–Crippen MR) is 138 cm³/mol. The fourth-order valence-corrected chi connectivity index (χ4v) is 5.32. The van der Waals surface area contributed by atoms with Crippen LogP contribution in [-0.4, -0.2) is 52.9 Å². The fourth-order valence-electron chi connectivity index (χ4n) is 5.32. The average Bonchev–Trinajstić information content (AvgIpc) is 3.06. The van der Waals surface area contributed by atoms with Crippen LogP contribution in [0.4, 0.5) is 0 Å². The molecule has 1 aromatic rings. The topological polar surface area (TPSA) is 60.9 Å². The smallest absolute Gasteiger partial charge is 0.225 e. The molecule has 2 amide bonds. The van der Waals surface area contributed by atoms with Gasteiger partial charge in [-0.2, -0.15) is 0 Å². The number of aryl methyl sites for hydroxylation is 1. The van der Waals surface area contributed by atoms with Gasteiger partial charge in [0.15, 0.2) is 0 Å². The van der Waals surface area contributed by atoms with Crippen molar-refractivity contribution in [3.05, 3.63) is 28.8 Å². The first-order valence-corrected chi connectivity index (χ1v) is 13.3. The summed E-state index contributed by atoms with van der Waals surface area (Å²) >= 11 is 0. The van der Waals surface area contributed by atoms with E-state index in [4.69, 9.17) is 0 Å². The van der Waals surface area contributed by atoms with Gasteiger partial charge in [-0.05, 0) is 59.6 Å². The molecule has 0 bridgehead atoms. The third-order valence-corrected chi connectivity index (χ3v) is 7.53. The Labute approximate surface area is 206 Å². The number of rotatable bonds is 4. The van der Waals surface area contributed by atoms with Crippen LogP contribution in [0.5, 0.6) is 5.75 Å². The lowest BCUT2D eigenvalue weighted by molar-refractivity contribution is -0.140. The molecular formula is C29H46N2O3. The van der Waals surface area contributed by atoms with Crippen molar-refractivity contribution in [2.75, 3.05) is 26.2 Å². The minimum atomic E-state index is -0.175. The molecule has 0 spiro atoms. The van der Waals surface area contributed by atoms with E-state index in [0.717, 1.165) is 55.5 Å². The summed E-state index contributed by atoms with van der Waals surface area (Å²) < 4.78 is 0. The highest BCUT2D eigenvalue weighted by Gasteiger charge is 2.31. The number of amides is 2. The summed E-state index contributed by atoms with van der Waals surface area (Å²) in [5.41, 5.74) is 2.63. The van der Waals surface area contributed by atoms with Crippen molar-refractivity contribution < 1.29 is 14.7 Å². The van der Waals surface area contributed by atoms with Crippen molar-refractivity contribution in [3.8, 4) is 5.75 Å². The lowest BCUT2D eigenvalue weighted by atomic mass is 9.78. The van der Waals surface area contributed by atoms with Crippen molar-refractivity contribution in [2.45, 2.75) is 104 Å². The number of carbonyl (C=O) groups is 2. The molecule has 0 aromatic heterocycles. The van der Waals surface area contributed by atoms with Gasteiger partial charge in [-0.3, -0.25) is 9.59 Å². The van der Waals surface area contributed by atoms with E-state index in [9.17, 15) is 14.7 Å². The predicted octanol–water partition coefficient (Wildman–Crippen LogP) is 5.56. The van der Waals surface area contributed by atoms with Gasteiger partial charge in [0, 0.05) is 38.5 Å². The second-order valence-corrected chi connectivity index (χ2v) is 12.4. The van der Waals surface area contributed by atoms with Crippen LogP contribution in [-0.2, 0) is 26.8 Å². The zero-order chi connectivity index (χ0) is 25.1. The van der Waals surface area contributed by atoms with Gasteiger partial charge in [-0.15, -0.1) is 0 Å². The average molecular weight is 471 g/mol. The maximum absolute atomic E-state index is 13.0. The normalized spacial score (nSPS) is 18.6. The zero-order valence-electron chi connectivity index (χ0n) is 22.4. The first-order chi connectivity index (χ1) is 15.9. The summed E-state index contributed by atoms with van der Waals surface area (Å²) in [6.45, 7) is 15.8. The van der Waals surface area contributed by atoms with E-state index >= 15 is 0 Å². The van der Waals surface area contributed by atoms with Crippen LogP contribution in [0.25, 0.3) is 0 Å². The number of carbonyl (C=O) groups excluding carboxylic acids is 2. The molecule has 5 heteroatoms. The molecule has 1 aromatic carbocycles. The summed E-state index contributed by atoms with van der Waals surface area (Å²) in [5.74, 6) is 0.931. The van der Waals surface area contributed by atoms with Crippen LogP contribution in [0.2, 0.25) is 0 Å². The molecule has 2 aliphatic rings.